The first kappa shape index (κ1) is 15.8. The highest BCUT2D eigenvalue weighted by molar-refractivity contribution is 5.80. The van der Waals surface area contributed by atoms with E-state index in [-0.39, 0.29) is 13.0 Å². The van der Waals surface area contributed by atoms with Crippen LogP contribution in [0.1, 0.15) is 16.7 Å². The molecule has 0 saturated carbocycles. The Bertz CT molecular complexity index is 511. The maximum Gasteiger partial charge on any atom is 0.408 e. The number of carboxylic acid groups (broad SMARTS) is 1. The monoisotopic (exact) mass is 277 g/mol. The van der Waals surface area contributed by atoms with Crippen LogP contribution < -0.4 is 5.32 Å². The van der Waals surface area contributed by atoms with Gasteiger partial charge >= 0.3 is 12.1 Å². The molecule has 5 heteroatoms. The van der Waals surface area contributed by atoms with Crippen LogP contribution in [-0.2, 0) is 16.0 Å². The van der Waals surface area contributed by atoms with Gasteiger partial charge in [0.2, 0.25) is 0 Å². The number of benzene rings is 1. The zero-order valence-corrected chi connectivity index (χ0v) is 11.7. The standard InChI is InChI=1S/C15H19NO4/c1-4-7-20-15(19)16-13(14(17)18)9-12-6-5-10(2)11(3)8-12/h4-6,8,13H,1,7,9H2,2-3H3,(H,16,19)(H,17,18). The minimum absolute atomic E-state index is 0.0435. The van der Waals surface area contributed by atoms with Gasteiger partial charge < -0.3 is 15.2 Å². The van der Waals surface area contributed by atoms with Crippen LogP contribution in [0, 0.1) is 13.8 Å². The first-order chi connectivity index (χ1) is 9.43. The molecule has 1 rings (SSSR count). The van der Waals surface area contributed by atoms with Gasteiger partial charge in [-0.25, -0.2) is 9.59 Å². The molecule has 1 amide bonds. The van der Waals surface area contributed by atoms with Gasteiger partial charge in [-0.3, -0.25) is 0 Å². The number of rotatable bonds is 6. The topological polar surface area (TPSA) is 75.6 Å². The van der Waals surface area contributed by atoms with E-state index in [0.29, 0.717) is 0 Å². The number of amides is 1. The number of carbonyl (C=O) groups is 2. The molecule has 0 aliphatic carbocycles. The lowest BCUT2D eigenvalue weighted by Crippen LogP contribution is -2.42. The molecule has 0 aromatic heterocycles. The van der Waals surface area contributed by atoms with Crippen molar-refractivity contribution >= 4 is 12.1 Å². The van der Waals surface area contributed by atoms with Gasteiger partial charge in [0.15, 0.2) is 0 Å². The number of nitrogens with one attached hydrogen (secondary N) is 1. The highest BCUT2D eigenvalue weighted by Crippen LogP contribution is 2.11. The summed E-state index contributed by atoms with van der Waals surface area (Å²) < 4.78 is 4.72. The zero-order valence-electron chi connectivity index (χ0n) is 11.7. The van der Waals surface area contributed by atoms with E-state index in [1.807, 2.05) is 32.0 Å². The van der Waals surface area contributed by atoms with Crippen molar-refractivity contribution in [3.8, 4) is 0 Å². The van der Waals surface area contributed by atoms with Gasteiger partial charge in [0.25, 0.3) is 0 Å². The zero-order chi connectivity index (χ0) is 15.1. The molecule has 0 spiro atoms. The van der Waals surface area contributed by atoms with E-state index in [0.717, 1.165) is 16.7 Å². The Balaban J connectivity index is 2.71. The molecule has 0 fully saturated rings. The first-order valence-electron chi connectivity index (χ1n) is 6.27. The highest BCUT2D eigenvalue weighted by atomic mass is 16.5. The van der Waals surface area contributed by atoms with Crippen LogP contribution in [0.25, 0.3) is 0 Å². The fourth-order valence-electron chi connectivity index (χ4n) is 1.68. The van der Waals surface area contributed by atoms with E-state index in [9.17, 15) is 9.59 Å². The van der Waals surface area contributed by atoms with Crippen LogP contribution in [0.2, 0.25) is 0 Å². The molecule has 0 heterocycles. The maximum atomic E-state index is 11.4. The second-order valence-corrected chi connectivity index (χ2v) is 4.55. The summed E-state index contributed by atoms with van der Waals surface area (Å²) in [6, 6.07) is 4.69. The molecule has 0 radical (unpaired) electrons. The average Bonchev–Trinajstić information content (AvgIpc) is 2.39. The molecular formula is C15H19NO4. The molecule has 1 aromatic carbocycles. The maximum absolute atomic E-state index is 11.4. The number of carboxylic acids is 1. The van der Waals surface area contributed by atoms with Crippen LogP contribution in [-0.4, -0.2) is 29.8 Å². The number of ether oxygens (including phenoxy) is 1. The third kappa shape index (κ3) is 4.76. The largest absolute Gasteiger partial charge is 0.480 e. The van der Waals surface area contributed by atoms with Crippen molar-refractivity contribution in [2.24, 2.45) is 0 Å². The fourth-order valence-corrected chi connectivity index (χ4v) is 1.68. The van der Waals surface area contributed by atoms with E-state index in [4.69, 9.17) is 9.84 Å². The van der Waals surface area contributed by atoms with Gasteiger partial charge in [-0.1, -0.05) is 30.9 Å². The molecule has 5 nitrogen and oxygen atoms in total. The SMILES string of the molecule is C=CCOC(=O)NC(Cc1ccc(C)c(C)c1)C(=O)O. The van der Waals surface area contributed by atoms with Crippen molar-refractivity contribution in [3.63, 3.8) is 0 Å². The fraction of sp³-hybridized carbons (Fsp3) is 0.333. The van der Waals surface area contributed by atoms with Gasteiger partial charge in [0, 0.05) is 6.42 Å². The minimum atomic E-state index is -1.10. The summed E-state index contributed by atoms with van der Waals surface area (Å²) in [6.07, 6.45) is 0.861. The Hall–Kier alpha value is -2.30. The lowest BCUT2D eigenvalue weighted by Gasteiger charge is -2.15. The molecule has 0 saturated heterocycles. The third-order valence-electron chi connectivity index (χ3n) is 2.93. The van der Waals surface area contributed by atoms with Crippen LogP contribution in [0.4, 0.5) is 4.79 Å². The van der Waals surface area contributed by atoms with E-state index in [1.54, 1.807) is 0 Å². The van der Waals surface area contributed by atoms with Crippen molar-refractivity contribution in [2.45, 2.75) is 26.3 Å². The lowest BCUT2D eigenvalue weighted by molar-refractivity contribution is -0.139. The summed E-state index contributed by atoms with van der Waals surface area (Å²) in [7, 11) is 0. The van der Waals surface area contributed by atoms with Crippen molar-refractivity contribution < 1.29 is 19.4 Å². The second kappa shape index (κ2) is 7.33. The number of hydrogen-bond acceptors (Lipinski definition) is 3. The van der Waals surface area contributed by atoms with Crippen LogP contribution >= 0.6 is 0 Å². The Morgan fingerprint density at radius 1 is 1.40 bits per heavy atom. The van der Waals surface area contributed by atoms with E-state index in [1.165, 1.54) is 6.08 Å². The normalized spacial score (nSPS) is 11.5. The summed E-state index contributed by atoms with van der Waals surface area (Å²) in [5, 5.41) is 11.5. The molecule has 2 N–H and O–H groups in total. The highest BCUT2D eigenvalue weighted by Gasteiger charge is 2.21. The number of alkyl carbamates (subject to hydrolysis) is 1. The number of hydrogen-bond donors (Lipinski definition) is 2. The number of carbonyl (C=O) groups excluding carboxylic acids is 1. The van der Waals surface area contributed by atoms with Crippen molar-refractivity contribution in [1.82, 2.24) is 5.32 Å². The quantitative estimate of drug-likeness (QED) is 0.782. The van der Waals surface area contributed by atoms with Gasteiger partial charge in [-0.05, 0) is 30.5 Å². The molecule has 0 aliphatic heterocycles. The molecular weight excluding hydrogens is 258 g/mol. The van der Waals surface area contributed by atoms with Gasteiger partial charge in [0.1, 0.15) is 12.6 Å². The van der Waals surface area contributed by atoms with Crippen LogP contribution in [0.5, 0.6) is 0 Å². The summed E-state index contributed by atoms with van der Waals surface area (Å²) >= 11 is 0. The Labute approximate surface area is 118 Å². The van der Waals surface area contributed by atoms with Crippen LogP contribution in [0.3, 0.4) is 0 Å². The first-order valence-corrected chi connectivity index (χ1v) is 6.27. The molecule has 1 aromatic rings. The lowest BCUT2D eigenvalue weighted by atomic mass is 10.0. The predicted octanol–water partition coefficient (Wildman–Crippen LogP) is 2.21. The third-order valence-corrected chi connectivity index (χ3v) is 2.93. The molecule has 1 unspecified atom stereocenters. The molecule has 0 bridgehead atoms. The van der Waals surface area contributed by atoms with Gasteiger partial charge in [0.05, 0.1) is 0 Å². The number of aryl methyl sites for hydroxylation is 2. The predicted molar refractivity (Wildman–Crippen MR) is 75.7 cm³/mol. The van der Waals surface area contributed by atoms with Crippen molar-refractivity contribution in [1.29, 1.82) is 0 Å². The second-order valence-electron chi connectivity index (χ2n) is 4.55. The minimum Gasteiger partial charge on any atom is -0.480 e. The summed E-state index contributed by atoms with van der Waals surface area (Å²) in [5.74, 6) is -1.10. The Morgan fingerprint density at radius 3 is 2.65 bits per heavy atom. The Kier molecular flexibility index (Phi) is 5.77. The van der Waals surface area contributed by atoms with Gasteiger partial charge in [-0.15, -0.1) is 0 Å². The average molecular weight is 277 g/mol. The smallest absolute Gasteiger partial charge is 0.408 e. The number of aliphatic carboxylic acids is 1. The summed E-state index contributed by atoms with van der Waals surface area (Å²) in [4.78, 5) is 22.6. The molecule has 20 heavy (non-hydrogen) atoms. The van der Waals surface area contributed by atoms with E-state index >= 15 is 0 Å². The van der Waals surface area contributed by atoms with Crippen LogP contribution in [0.15, 0.2) is 30.9 Å². The van der Waals surface area contributed by atoms with Crippen molar-refractivity contribution in [3.05, 3.63) is 47.5 Å². The molecule has 108 valence electrons. The van der Waals surface area contributed by atoms with E-state index in [2.05, 4.69) is 11.9 Å². The van der Waals surface area contributed by atoms with E-state index < -0.39 is 18.1 Å². The molecule has 0 aliphatic rings. The molecule has 1 atom stereocenters. The summed E-state index contributed by atoms with van der Waals surface area (Å²) in [6.45, 7) is 7.40. The summed E-state index contributed by atoms with van der Waals surface area (Å²) in [5.41, 5.74) is 3.07. The Morgan fingerprint density at radius 2 is 2.10 bits per heavy atom. The van der Waals surface area contributed by atoms with Crippen molar-refractivity contribution in [2.75, 3.05) is 6.61 Å². The van der Waals surface area contributed by atoms with Gasteiger partial charge in [-0.2, -0.15) is 0 Å².